The quantitative estimate of drug-likeness (QED) is 0.559. The maximum absolute atomic E-state index is 13.4. The lowest BCUT2D eigenvalue weighted by atomic mass is 9.84. The van der Waals surface area contributed by atoms with Gasteiger partial charge in [-0.15, -0.1) is 0 Å². The first-order chi connectivity index (χ1) is 16.1. The predicted octanol–water partition coefficient (Wildman–Crippen LogP) is 4.74. The van der Waals surface area contributed by atoms with E-state index < -0.39 is 10.0 Å². The van der Waals surface area contributed by atoms with Crippen molar-refractivity contribution in [3.05, 3.63) is 47.0 Å². The molecule has 0 saturated heterocycles. The minimum absolute atomic E-state index is 0.00391. The largest absolute Gasteiger partial charge is 0.495 e. The zero-order valence-corrected chi connectivity index (χ0v) is 21.4. The van der Waals surface area contributed by atoms with E-state index in [9.17, 15) is 13.2 Å². The van der Waals surface area contributed by atoms with Crippen molar-refractivity contribution in [3.8, 4) is 11.5 Å². The van der Waals surface area contributed by atoms with Gasteiger partial charge in [-0.1, -0.05) is 24.1 Å². The van der Waals surface area contributed by atoms with E-state index in [0.717, 1.165) is 16.6 Å². The minimum atomic E-state index is -3.99. The number of carbonyl (C=O) groups is 1. The molecule has 2 bridgehead atoms. The second-order valence-electron chi connectivity index (χ2n) is 9.26. The van der Waals surface area contributed by atoms with Gasteiger partial charge in [-0.25, -0.2) is 8.42 Å². The van der Waals surface area contributed by atoms with Crippen LogP contribution in [0.15, 0.2) is 41.3 Å². The molecule has 2 fully saturated rings. The summed E-state index contributed by atoms with van der Waals surface area (Å²) < 4.78 is 38.5. The van der Waals surface area contributed by atoms with Crippen LogP contribution in [0.1, 0.15) is 43.0 Å². The van der Waals surface area contributed by atoms with Gasteiger partial charge in [0.1, 0.15) is 11.5 Å². The summed E-state index contributed by atoms with van der Waals surface area (Å²) in [5, 5.41) is 3.36. The molecule has 1 N–H and O–H groups in total. The van der Waals surface area contributed by atoms with Gasteiger partial charge >= 0.3 is 0 Å². The van der Waals surface area contributed by atoms with Gasteiger partial charge in [0.15, 0.2) is 0 Å². The molecule has 4 rings (SSSR count). The second kappa shape index (κ2) is 9.66. The molecule has 0 aliphatic heterocycles. The number of nitrogens with zero attached hydrogens (tertiary/aromatic N) is 1. The number of sulfonamides is 1. The topological polar surface area (TPSA) is 84.9 Å². The van der Waals surface area contributed by atoms with E-state index in [0.29, 0.717) is 28.9 Å². The number of methoxy groups -OCH3 is 2. The number of hydrogen-bond donors (Lipinski definition) is 1. The summed E-state index contributed by atoms with van der Waals surface area (Å²) in [7, 11) is 0.330. The minimum Gasteiger partial charge on any atom is -0.495 e. The monoisotopic (exact) mass is 506 g/mol. The summed E-state index contributed by atoms with van der Waals surface area (Å²) in [6.07, 6.45) is 4.98. The highest BCUT2D eigenvalue weighted by atomic mass is 35.5. The molecule has 2 aliphatic rings. The van der Waals surface area contributed by atoms with E-state index in [2.05, 4.69) is 12.2 Å². The Bertz CT molecular complexity index is 1190. The summed E-state index contributed by atoms with van der Waals surface area (Å²) >= 11 is 6.24. The smallest absolute Gasteiger partial charge is 0.264 e. The third kappa shape index (κ3) is 4.58. The fraction of sp³-hybridized carbons (Fsp3) is 0.480. The number of fused-ring (bicyclic) bond motifs is 2. The van der Waals surface area contributed by atoms with Crippen LogP contribution in [-0.2, 0) is 10.0 Å². The molecule has 0 unspecified atom stereocenters. The van der Waals surface area contributed by atoms with Crippen LogP contribution in [0.25, 0.3) is 0 Å². The van der Waals surface area contributed by atoms with Gasteiger partial charge in [0.25, 0.3) is 15.9 Å². The van der Waals surface area contributed by atoms with Crippen LogP contribution >= 0.6 is 11.6 Å². The average molecular weight is 507 g/mol. The maximum Gasteiger partial charge on any atom is 0.264 e. The van der Waals surface area contributed by atoms with Crippen molar-refractivity contribution in [1.29, 1.82) is 0 Å². The molecule has 9 heteroatoms. The van der Waals surface area contributed by atoms with E-state index in [4.69, 9.17) is 21.1 Å². The Balaban J connectivity index is 1.55. The van der Waals surface area contributed by atoms with Gasteiger partial charge in [-0.3, -0.25) is 9.10 Å². The van der Waals surface area contributed by atoms with Gasteiger partial charge < -0.3 is 14.8 Å². The Morgan fingerprint density at radius 2 is 1.85 bits per heavy atom. The second-order valence-corrected chi connectivity index (χ2v) is 11.6. The van der Waals surface area contributed by atoms with Crippen molar-refractivity contribution >= 4 is 33.2 Å². The Hall–Kier alpha value is -2.45. The van der Waals surface area contributed by atoms with Crippen molar-refractivity contribution in [2.24, 2.45) is 17.8 Å². The first kappa shape index (κ1) is 24.7. The third-order valence-corrected chi connectivity index (χ3v) is 9.40. The molecular formula is C25H31ClN2O5S. The van der Waals surface area contributed by atoms with Crippen LogP contribution in [0.2, 0.25) is 5.02 Å². The summed E-state index contributed by atoms with van der Waals surface area (Å²) in [6, 6.07) is 9.15. The molecule has 0 radical (unpaired) electrons. The predicted molar refractivity (Wildman–Crippen MR) is 132 cm³/mol. The number of halogens is 1. The van der Waals surface area contributed by atoms with Crippen molar-refractivity contribution < 1.29 is 22.7 Å². The van der Waals surface area contributed by atoms with Gasteiger partial charge in [0.2, 0.25) is 0 Å². The number of benzene rings is 2. The molecule has 2 aliphatic carbocycles. The van der Waals surface area contributed by atoms with Crippen molar-refractivity contribution in [1.82, 2.24) is 5.32 Å². The van der Waals surface area contributed by atoms with E-state index in [1.165, 1.54) is 64.8 Å². The number of nitrogens with one attached hydrogen (secondary N) is 1. The molecular weight excluding hydrogens is 476 g/mol. The van der Waals surface area contributed by atoms with Crippen LogP contribution in [0.4, 0.5) is 5.69 Å². The molecule has 2 aromatic rings. The summed E-state index contributed by atoms with van der Waals surface area (Å²) in [6.45, 7) is 2.05. The van der Waals surface area contributed by atoms with Gasteiger partial charge in [-0.2, -0.15) is 0 Å². The van der Waals surface area contributed by atoms with Crippen molar-refractivity contribution in [2.45, 2.75) is 43.5 Å². The molecule has 1 amide bonds. The van der Waals surface area contributed by atoms with Crippen molar-refractivity contribution in [2.75, 3.05) is 25.6 Å². The Morgan fingerprint density at radius 1 is 1.12 bits per heavy atom. The summed E-state index contributed by atoms with van der Waals surface area (Å²) in [5.74, 6) is 2.37. The molecule has 2 aromatic carbocycles. The lowest BCUT2D eigenvalue weighted by Gasteiger charge is -2.28. The first-order valence-electron chi connectivity index (χ1n) is 11.5. The van der Waals surface area contributed by atoms with Crippen LogP contribution < -0.4 is 19.1 Å². The summed E-state index contributed by atoms with van der Waals surface area (Å²) in [5.41, 5.74) is 0.567. The Morgan fingerprint density at radius 3 is 2.47 bits per heavy atom. The molecule has 0 spiro atoms. The number of ether oxygens (including phenoxy) is 2. The lowest BCUT2D eigenvalue weighted by molar-refractivity contribution is 0.0915. The fourth-order valence-corrected chi connectivity index (χ4v) is 6.96. The zero-order chi connectivity index (χ0) is 24.6. The summed E-state index contributed by atoms with van der Waals surface area (Å²) in [4.78, 5) is 13.0. The molecule has 2 saturated carbocycles. The average Bonchev–Trinajstić information content (AvgIpc) is 3.47. The van der Waals surface area contributed by atoms with E-state index >= 15 is 0 Å². The lowest BCUT2D eigenvalue weighted by Crippen LogP contribution is -2.40. The molecule has 0 aromatic heterocycles. The highest BCUT2D eigenvalue weighted by Crippen LogP contribution is 2.49. The van der Waals surface area contributed by atoms with E-state index in [1.54, 1.807) is 12.1 Å². The SMILES string of the molecule is COc1cc(OC)c(N(C)S(=O)(=O)c2cccc(C(=O)N[C@H](C)[C@H]3C[C@@H]4CC[C@@H]3C4)c2)cc1Cl. The zero-order valence-electron chi connectivity index (χ0n) is 19.9. The molecule has 0 heterocycles. The highest BCUT2D eigenvalue weighted by molar-refractivity contribution is 7.92. The Labute approximate surface area is 206 Å². The van der Waals surface area contributed by atoms with Crippen LogP contribution in [0.3, 0.4) is 0 Å². The highest BCUT2D eigenvalue weighted by Gasteiger charge is 2.42. The van der Waals surface area contributed by atoms with Crippen LogP contribution in [-0.4, -0.2) is 41.6 Å². The molecule has 4 atom stereocenters. The third-order valence-electron chi connectivity index (χ3n) is 7.34. The number of amides is 1. The van der Waals surface area contributed by atoms with Crippen molar-refractivity contribution in [3.63, 3.8) is 0 Å². The van der Waals surface area contributed by atoms with E-state index in [-0.39, 0.29) is 27.6 Å². The molecule has 7 nitrogen and oxygen atoms in total. The van der Waals surface area contributed by atoms with Gasteiger partial charge in [0.05, 0.1) is 29.8 Å². The van der Waals surface area contributed by atoms with Crippen LogP contribution in [0.5, 0.6) is 11.5 Å². The van der Waals surface area contributed by atoms with Gasteiger partial charge in [0, 0.05) is 24.7 Å². The number of rotatable bonds is 8. The Kier molecular flexibility index (Phi) is 7.01. The normalized spacial score (nSPS) is 22.3. The van der Waals surface area contributed by atoms with Crippen LogP contribution in [0, 0.1) is 17.8 Å². The van der Waals surface area contributed by atoms with E-state index in [1.807, 2.05) is 0 Å². The number of carbonyl (C=O) groups excluding carboxylic acids is 1. The fourth-order valence-electron chi connectivity index (χ4n) is 5.48. The number of hydrogen-bond acceptors (Lipinski definition) is 5. The van der Waals surface area contributed by atoms with Gasteiger partial charge in [-0.05, 0) is 68.2 Å². The molecule has 184 valence electrons. The number of anilines is 1. The first-order valence-corrected chi connectivity index (χ1v) is 13.3. The maximum atomic E-state index is 13.4. The molecule has 34 heavy (non-hydrogen) atoms. The standard InChI is InChI=1S/C25H31ClN2O5S/c1-15(20-11-16-8-9-17(20)10-16)27-25(29)18-6-5-7-19(12-18)34(30,31)28(2)22-13-21(26)23(32-3)14-24(22)33-4/h5-7,12-17,20H,8-11H2,1-4H3,(H,27,29)/t15-,16-,17-,20-/m1/s1.